The molecule has 48 heavy (non-hydrogen) atoms. The first-order valence-electron chi connectivity index (χ1n) is 17.4. The minimum absolute atomic E-state index is 0.0685. The van der Waals surface area contributed by atoms with E-state index in [0.29, 0.717) is 0 Å². The third-order valence-corrected chi connectivity index (χ3v) is 10.4. The van der Waals surface area contributed by atoms with Crippen LogP contribution in [0.4, 0.5) is 0 Å². The lowest BCUT2D eigenvalue weighted by Gasteiger charge is -2.19. The summed E-state index contributed by atoms with van der Waals surface area (Å²) < 4.78 is 4.86. The van der Waals surface area contributed by atoms with Gasteiger partial charge in [0.25, 0.3) is 0 Å². The molecule has 0 saturated heterocycles. The molecule has 0 spiro atoms. The Hall–Kier alpha value is -5.34. The van der Waals surface area contributed by atoms with Crippen LogP contribution in [0.25, 0.3) is 71.7 Å². The van der Waals surface area contributed by atoms with Gasteiger partial charge < -0.3 is 9.13 Å². The van der Waals surface area contributed by atoms with Crippen LogP contribution in [0.15, 0.2) is 140 Å². The van der Waals surface area contributed by atoms with Crippen molar-refractivity contribution in [2.75, 3.05) is 0 Å². The second-order valence-electron chi connectivity index (χ2n) is 14.5. The molecule has 0 radical (unpaired) electrons. The van der Waals surface area contributed by atoms with Gasteiger partial charge in [0.2, 0.25) is 0 Å². The van der Waals surface area contributed by atoms with E-state index in [-0.39, 0.29) is 5.41 Å². The van der Waals surface area contributed by atoms with Crippen molar-refractivity contribution in [3.63, 3.8) is 0 Å². The lowest BCUT2D eigenvalue weighted by atomic mass is 9.86. The molecule has 2 aromatic heterocycles. The number of hydrogen-bond acceptors (Lipinski definition) is 0. The van der Waals surface area contributed by atoms with Crippen molar-refractivity contribution in [1.82, 2.24) is 9.13 Å². The van der Waals surface area contributed by atoms with E-state index in [1.807, 2.05) is 0 Å². The van der Waals surface area contributed by atoms with E-state index in [2.05, 4.69) is 169 Å². The molecule has 0 bridgehead atoms. The van der Waals surface area contributed by atoms with E-state index in [0.717, 1.165) is 0 Å². The highest BCUT2D eigenvalue weighted by atomic mass is 15.0. The molecule has 2 heterocycles. The number of rotatable bonds is 4. The monoisotopic (exact) mass is 620 g/mol. The van der Waals surface area contributed by atoms with Gasteiger partial charge in [-0.2, -0.15) is 0 Å². The number of allylic oxidation sites excluding steroid dienone is 2. The number of aromatic nitrogens is 2. The predicted molar refractivity (Wildman–Crippen MR) is 206 cm³/mol. The van der Waals surface area contributed by atoms with E-state index < -0.39 is 0 Å². The second-order valence-corrected chi connectivity index (χ2v) is 14.5. The zero-order valence-corrected chi connectivity index (χ0v) is 28.0. The van der Waals surface area contributed by atoms with Crippen molar-refractivity contribution >= 4 is 49.2 Å². The van der Waals surface area contributed by atoms with Gasteiger partial charge >= 0.3 is 0 Å². The van der Waals surface area contributed by atoms with Gasteiger partial charge in [0.15, 0.2) is 0 Å². The molecular weight excluding hydrogens is 581 g/mol. The van der Waals surface area contributed by atoms with Crippen molar-refractivity contribution in [1.29, 1.82) is 0 Å². The fourth-order valence-electron chi connectivity index (χ4n) is 7.90. The Balaban J connectivity index is 1.23. The zero-order valence-electron chi connectivity index (χ0n) is 28.0. The molecule has 234 valence electrons. The minimum Gasteiger partial charge on any atom is -0.309 e. The van der Waals surface area contributed by atoms with Crippen LogP contribution in [0.5, 0.6) is 0 Å². The highest BCUT2D eigenvalue weighted by Gasteiger charge is 2.19. The van der Waals surface area contributed by atoms with Gasteiger partial charge in [0.1, 0.15) is 0 Å². The van der Waals surface area contributed by atoms with Crippen molar-refractivity contribution in [2.24, 2.45) is 0 Å². The van der Waals surface area contributed by atoms with E-state index in [4.69, 9.17) is 0 Å². The molecule has 0 atom stereocenters. The summed E-state index contributed by atoms with van der Waals surface area (Å²) in [5.41, 5.74) is 14.1. The molecule has 0 unspecified atom stereocenters. The van der Waals surface area contributed by atoms with E-state index in [1.165, 1.54) is 108 Å². The van der Waals surface area contributed by atoms with Crippen molar-refractivity contribution in [3.8, 4) is 22.5 Å². The molecular formula is C46H40N2. The maximum Gasteiger partial charge on any atom is 0.0541 e. The molecule has 2 heteroatoms. The summed E-state index contributed by atoms with van der Waals surface area (Å²) >= 11 is 0. The predicted octanol–water partition coefficient (Wildman–Crippen LogP) is 12.8. The maximum absolute atomic E-state index is 2.45. The van der Waals surface area contributed by atoms with Crippen molar-refractivity contribution < 1.29 is 0 Å². The second kappa shape index (κ2) is 11.1. The van der Waals surface area contributed by atoms with Crippen LogP contribution in [0.3, 0.4) is 0 Å². The summed E-state index contributed by atoms with van der Waals surface area (Å²) in [6.45, 7) is 6.89. The Morgan fingerprint density at radius 3 is 1.77 bits per heavy atom. The van der Waals surface area contributed by atoms with Gasteiger partial charge in [0.05, 0.1) is 22.1 Å². The Morgan fingerprint density at radius 2 is 1.06 bits per heavy atom. The smallest absolute Gasteiger partial charge is 0.0541 e. The van der Waals surface area contributed by atoms with E-state index >= 15 is 0 Å². The van der Waals surface area contributed by atoms with Gasteiger partial charge in [-0.1, -0.05) is 93.6 Å². The van der Waals surface area contributed by atoms with Crippen LogP contribution in [0.2, 0.25) is 0 Å². The molecule has 8 aromatic rings. The molecule has 6 aromatic carbocycles. The van der Waals surface area contributed by atoms with Gasteiger partial charge in [-0.3, -0.25) is 0 Å². The first-order chi connectivity index (χ1) is 23.4. The Bertz CT molecular complexity index is 2530. The first-order valence-corrected chi connectivity index (χ1v) is 17.4. The third kappa shape index (κ3) is 4.70. The Morgan fingerprint density at radius 1 is 0.458 bits per heavy atom. The normalized spacial score (nSPS) is 13.9. The summed E-state index contributed by atoms with van der Waals surface area (Å²) in [7, 11) is 0. The number of hydrogen-bond donors (Lipinski definition) is 0. The third-order valence-electron chi connectivity index (χ3n) is 10.4. The summed E-state index contributed by atoms with van der Waals surface area (Å²) in [5.74, 6) is 0. The van der Waals surface area contributed by atoms with Crippen LogP contribution in [-0.4, -0.2) is 9.13 Å². The van der Waals surface area contributed by atoms with Gasteiger partial charge in [-0.15, -0.1) is 0 Å². The zero-order chi connectivity index (χ0) is 32.4. The molecule has 1 aliphatic rings. The highest BCUT2D eigenvalue weighted by Crippen LogP contribution is 2.40. The molecule has 0 fully saturated rings. The quantitative estimate of drug-likeness (QED) is 0.185. The summed E-state index contributed by atoms with van der Waals surface area (Å²) in [4.78, 5) is 0. The van der Waals surface area contributed by atoms with Crippen LogP contribution in [0.1, 0.15) is 57.6 Å². The number of benzene rings is 6. The van der Waals surface area contributed by atoms with Crippen LogP contribution >= 0.6 is 0 Å². The number of fused-ring (bicyclic) bond motifs is 6. The number of para-hydroxylation sites is 2. The average Bonchev–Trinajstić information content (AvgIpc) is 3.64. The summed E-state index contributed by atoms with van der Waals surface area (Å²) in [6, 6.07) is 49.8. The van der Waals surface area contributed by atoms with Crippen LogP contribution in [-0.2, 0) is 5.41 Å². The SMILES string of the molecule is CC(C)(C)c1ccc2c(c1)c1cc(-c3ccc4c(c3)c3ccccc3n4-c3cccc(C4=CCCCC4)c3)ccc1n2-c1ccccc1. The fraction of sp³-hybridized carbons (Fsp3) is 0.174. The molecule has 0 N–H and O–H groups in total. The lowest BCUT2D eigenvalue weighted by Crippen LogP contribution is -2.10. The summed E-state index contributed by atoms with van der Waals surface area (Å²) in [6.07, 6.45) is 7.39. The van der Waals surface area contributed by atoms with Crippen LogP contribution < -0.4 is 0 Å². The molecule has 2 nitrogen and oxygen atoms in total. The molecule has 0 aliphatic heterocycles. The van der Waals surface area contributed by atoms with Crippen molar-refractivity contribution in [2.45, 2.75) is 51.9 Å². The Kier molecular flexibility index (Phi) is 6.69. The van der Waals surface area contributed by atoms with E-state index in [1.54, 1.807) is 0 Å². The molecule has 9 rings (SSSR count). The summed E-state index contributed by atoms with van der Waals surface area (Å²) in [5, 5.41) is 5.16. The topological polar surface area (TPSA) is 9.86 Å². The maximum atomic E-state index is 2.45. The first kappa shape index (κ1) is 28.8. The highest BCUT2D eigenvalue weighted by molar-refractivity contribution is 6.13. The molecule has 1 aliphatic carbocycles. The fourth-order valence-corrected chi connectivity index (χ4v) is 7.90. The van der Waals surface area contributed by atoms with Gasteiger partial charge in [-0.25, -0.2) is 0 Å². The molecule has 0 saturated carbocycles. The van der Waals surface area contributed by atoms with E-state index in [9.17, 15) is 0 Å². The van der Waals surface area contributed by atoms with Crippen molar-refractivity contribution in [3.05, 3.63) is 151 Å². The van der Waals surface area contributed by atoms with Crippen LogP contribution in [0, 0.1) is 0 Å². The minimum atomic E-state index is 0.0685. The largest absolute Gasteiger partial charge is 0.309 e. The Labute approximate surface area is 282 Å². The lowest BCUT2D eigenvalue weighted by molar-refractivity contribution is 0.591. The van der Waals surface area contributed by atoms with Gasteiger partial charge in [-0.05, 0) is 126 Å². The number of nitrogens with zero attached hydrogens (tertiary/aromatic N) is 2. The standard InChI is InChI=1S/C46H40N2/c1-46(2,3)35-23-26-45-41(30-35)40-29-34(22-25-44(40)47(45)36-16-8-5-9-17-36)33-21-24-43-39(28-33)38-19-10-11-20-42(38)48(43)37-18-12-15-32(27-37)31-13-6-4-7-14-31/h5,8-13,15-30H,4,6-7,14H2,1-3H3. The van der Waals surface area contributed by atoms with Gasteiger partial charge in [0, 0.05) is 32.9 Å². The molecule has 0 amide bonds. The average molecular weight is 621 g/mol.